The lowest BCUT2D eigenvalue weighted by Gasteiger charge is -2.37. The van der Waals surface area contributed by atoms with Crippen molar-refractivity contribution in [2.24, 2.45) is 5.73 Å². The third-order valence-electron chi connectivity index (χ3n) is 7.09. The number of nitrogens with one attached hydrogen (secondary N) is 2. The maximum Gasteiger partial charge on any atom is 0.320 e. The van der Waals surface area contributed by atoms with Crippen LogP contribution in [0.4, 0.5) is 16.2 Å². The number of nitrogens with two attached hydrogens (primary N) is 1. The van der Waals surface area contributed by atoms with Crippen molar-refractivity contribution in [3.63, 3.8) is 0 Å². The lowest BCUT2D eigenvalue weighted by molar-refractivity contribution is -0.139. The van der Waals surface area contributed by atoms with Crippen molar-refractivity contribution in [1.82, 2.24) is 5.32 Å². The number of fused-ring (bicyclic) bond motifs is 1. The topological polar surface area (TPSA) is 132 Å². The standard InChI is InChI=1S/C31H36N4O6/c1-5-40-26(41-6-2)19-35-25-17-10-9-16-24(25)31(29(35)37,27(28(32)36)23-15-8-7-12-20(23)3)34-30(38)33-21-13-11-14-22(18-21)39-4/h7-18,26-27H,5-6,19H2,1-4H3,(H2,32,36)(H2,33,34,38). The highest BCUT2D eigenvalue weighted by Crippen LogP contribution is 2.49. The SMILES string of the molecule is CCOC(CN1C(=O)C(NC(=O)Nc2cccc(OC)c2)(C(C(N)=O)c2ccccc2C)c2ccccc21)OCC. The molecule has 3 aromatic rings. The molecule has 2 unspecified atom stereocenters. The van der Waals surface area contributed by atoms with Crippen LogP contribution < -0.4 is 26.0 Å². The number of hydrogen-bond donors (Lipinski definition) is 3. The Morgan fingerprint density at radius 1 is 0.976 bits per heavy atom. The number of carbonyl (C=O) groups excluding carboxylic acids is 3. The van der Waals surface area contributed by atoms with Crippen LogP contribution in [0.5, 0.6) is 5.75 Å². The number of carbonyl (C=O) groups is 3. The van der Waals surface area contributed by atoms with Crippen molar-refractivity contribution in [2.75, 3.05) is 37.1 Å². The minimum absolute atomic E-state index is 0.0394. The molecule has 1 aliphatic rings. The molecule has 216 valence electrons. The van der Waals surface area contributed by atoms with Crippen LogP contribution >= 0.6 is 0 Å². The number of aryl methyl sites for hydroxylation is 1. The molecule has 0 aromatic heterocycles. The van der Waals surface area contributed by atoms with Crippen LogP contribution in [0.3, 0.4) is 0 Å². The normalized spacial score (nSPS) is 16.8. The van der Waals surface area contributed by atoms with Crippen LogP contribution in [0.15, 0.2) is 72.8 Å². The van der Waals surface area contributed by atoms with Gasteiger partial charge in [-0.3, -0.25) is 9.59 Å². The Hall–Kier alpha value is -4.41. The molecule has 41 heavy (non-hydrogen) atoms. The minimum atomic E-state index is -1.87. The van der Waals surface area contributed by atoms with Gasteiger partial charge >= 0.3 is 6.03 Å². The Kier molecular flexibility index (Phi) is 9.26. The van der Waals surface area contributed by atoms with E-state index < -0.39 is 35.6 Å². The van der Waals surface area contributed by atoms with Crippen LogP contribution in [0.25, 0.3) is 0 Å². The fourth-order valence-electron chi connectivity index (χ4n) is 5.36. The molecule has 3 aromatic carbocycles. The molecule has 0 spiro atoms. The fraction of sp³-hybridized carbons (Fsp3) is 0.323. The number of ether oxygens (including phenoxy) is 3. The summed E-state index contributed by atoms with van der Waals surface area (Å²) in [5, 5.41) is 5.67. The van der Waals surface area contributed by atoms with E-state index in [9.17, 15) is 14.4 Å². The van der Waals surface area contributed by atoms with Gasteiger partial charge in [0.2, 0.25) is 5.91 Å². The van der Waals surface area contributed by atoms with Gasteiger partial charge in [-0.25, -0.2) is 4.79 Å². The molecule has 0 radical (unpaired) electrons. The van der Waals surface area contributed by atoms with Crippen molar-refractivity contribution >= 4 is 29.2 Å². The molecule has 0 saturated heterocycles. The first-order chi connectivity index (χ1) is 19.8. The molecule has 1 aliphatic heterocycles. The van der Waals surface area contributed by atoms with E-state index in [-0.39, 0.29) is 6.54 Å². The summed E-state index contributed by atoms with van der Waals surface area (Å²) < 4.78 is 16.8. The Morgan fingerprint density at radius 2 is 1.66 bits per heavy atom. The van der Waals surface area contributed by atoms with Crippen LogP contribution in [0, 0.1) is 6.92 Å². The van der Waals surface area contributed by atoms with Gasteiger partial charge < -0.3 is 35.5 Å². The van der Waals surface area contributed by atoms with Crippen molar-refractivity contribution in [3.8, 4) is 5.75 Å². The monoisotopic (exact) mass is 560 g/mol. The second-order valence-corrected chi connectivity index (χ2v) is 9.58. The van der Waals surface area contributed by atoms with E-state index in [4.69, 9.17) is 19.9 Å². The highest BCUT2D eigenvalue weighted by molar-refractivity contribution is 6.13. The van der Waals surface area contributed by atoms with Crippen molar-refractivity contribution < 1.29 is 28.6 Å². The number of primary amides is 1. The van der Waals surface area contributed by atoms with Crippen molar-refractivity contribution in [1.29, 1.82) is 0 Å². The van der Waals surface area contributed by atoms with E-state index in [0.717, 1.165) is 5.56 Å². The zero-order valence-electron chi connectivity index (χ0n) is 23.7. The van der Waals surface area contributed by atoms with E-state index in [0.29, 0.717) is 41.5 Å². The lowest BCUT2D eigenvalue weighted by Crippen LogP contribution is -2.60. The Labute approximate surface area is 239 Å². The molecule has 1 heterocycles. The average molecular weight is 561 g/mol. The van der Waals surface area contributed by atoms with Crippen molar-refractivity contribution in [3.05, 3.63) is 89.5 Å². The highest BCUT2D eigenvalue weighted by atomic mass is 16.7. The Morgan fingerprint density at radius 3 is 2.32 bits per heavy atom. The summed E-state index contributed by atoms with van der Waals surface area (Å²) in [6, 6.07) is 20.3. The molecule has 4 amide bonds. The second-order valence-electron chi connectivity index (χ2n) is 9.58. The van der Waals surface area contributed by atoms with Gasteiger partial charge in [-0.15, -0.1) is 0 Å². The van der Waals surface area contributed by atoms with Gasteiger partial charge in [-0.1, -0.05) is 48.5 Å². The number of nitrogens with zero attached hydrogens (tertiary/aromatic N) is 1. The molecule has 10 nitrogen and oxygen atoms in total. The number of urea groups is 1. The predicted octanol–water partition coefficient (Wildman–Crippen LogP) is 4.04. The molecular weight excluding hydrogens is 524 g/mol. The summed E-state index contributed by atoms with van der Waals surface area (Å²) in [5.74, 6) is -2.00. The zero-order chi connectivity index (χ0) is 29.6. The first-order valence-corrected chi connectivity index (χ1v) is 13.5. The first kappa shape index (κ1) is 29.6. The van der Waals surface area contributed by atoms with E-state index in [1.807, 2.05) is 32.9 Å². The molecule has 4 N–H and O–H groups in total. The molecule has 4 rings (SSSR count). The summed E-state index contributed by atoms with van der Waals surface area (Å²) in [5.41, 5.74) is 6.87. The number of anilines is 2. The van der Waals surface area contributed by atoms with Gasteiger partial charge in [0.1, 0.15) is 5.75 Å². The number of benzene rings is 3. The smallest absolute Gasteiger partial charge is 0.320 e. The summed E-state index contributed by atoms with van der Waals surface area (Å²) in [6.45, 7) is 6.28. The van der Waals surface area contributed by atoms with Crippen LogP contribution in [-0.2, 0) is 24.6 Å². The van der Waals surface area contributed by atoms with E-state index >= 15 is 0 Å². The summed E-state index contributed by atoms with van der Waals surface area (Å²) in [6.07, 6.45) is -0.728. The number of para-hydroxylation sites is 1. The number of rotatable bonds is 12. The average Bonchev–Trinajstić information content (AvgIpc) is 3.17. The number of hydrogen-bond acceptors (Lipinski definition) is 6. The van der Waals surface area contributed by atoms with Gasteiger partial charge in [0.15, 0.2) is 11.8 Å². The zero-order valence-corrected chi connectivity index (χ0v) is 23.7. The third-order valence-corrected chi connectivity index (χ3v) is 7.09. The fourth-order valence-corrected chi connectivity index (χ4v) is 5.36. The second kappa shape index (κ2) is 12.8. The Bertz CT molecular complexity index is 1410. The highest BCUT2D eigenvalue weighted by Gasteiger charge is 2.59. The van der Waals surface area contributed by atoms with Gasteiger partial charge in [0.25, 0.3) is 5.91 Å². The van der Waals surface area contributed by atoms with E-state index in [2.05, 4.69) is 10.6 Å². The van der Waals surface area contributed by atoms with Gasteiger partial charge in [0.05, 0.1) is 25.3 Å². The largest absolute Gasteiger partial charge is 0.497 e. The van der Waals surface area contributed by atoms with Crippen LogP contribution in [0.2, 0.25) is 0 Å². The Balaban J connectivity index is 1.87. The van der Waals surface area contributed by atoms with Crippen molar-refractivity contribution in [2.45, 2.75) is 38.5 Å². The first-order valence-electron chi connectivity index (χ1n) is 13.5. The quantitative estimate of drug-likeness (QED) is 0.287. The molecule has 0 bridgehead atoms. The van der Waals surface area contributed by atoms with E-state index in [1.165, 1.54) is 12.0 Å². The molecular formula is C31H36N4O6. The summed E-state index contributed by atoms with van der Waals surface area (Å²) in [7, 11) is 1.52. The predicted molar refractivity (Wildman–Crippen MR) is 156 cm³/mol. The van der Waals surface area contributed by atoms with Gasteiger partial charge in [-0.05, 0) is 50.1 Å². The molecule has 0 saturated carbocycles. The maximum absolute atomic E-state index is 14.7. The molecule has 2 atom stereocenters. The third kappa shape index (κ3) is 5.89. The number of amides is 4. The maximum atomic E-state index is 14.7. The van der Waals surface area contributed by atoms with Crippen LogP contribution in [0.1, 0.15) is 36.5 Å². The summed E-state index contributed by atoms with van der Waals surface area (Å²) >= 11 is 0. The molecule has 0 fully saturated rings. The molecule has 0 aliphatic carbocycles. The minimum Gasteiger partial charge on any atom is -0.497 e. The van der Waals surface area contributed by atoms with E-state index in [1.54, 1.807) is 60.7 Å². The van der Waals surface area contributed by atoms with Crippen LogP contribution in [-0.4, -0.2) is 51.0 Å². The lowest BCUT2D eigenvalue weighted by atomic mass is 9.73. The summed E-state index contributed by atoms with van der Waals surface area (Å²) in [4.78, 5) is 43.2. The van der Waals surface area contributed by atoms with Gasteiger partial charge in [0, 0.05) is 30.5 Å². The number of methoxy groups -OCH3 is 1. The molecule has 10 heteroatoms. The van der Waals surface area contributed by atoms with Gasteiger partial charge in [-0.2, -0.15) is 0 Å².